The fourth-order valence-corrected chi connectivity index (χ4v) is 3.33. The first-order valence-electron chi connectivity index (χ1n) is 7.98. The van der Waals surface area contributed by atoms with Crippen LogP contribution in [0.2, 0.25) is 0 Å². The maximum Gasteiger partial charge on any atom is 0.323 e. The molecule has 0 unspecified atom stereocenters. The van der Waals surface area contributed by atoms with Crippen LogP contribution in [0.25, 0.3) is 0 Å². The molecule has 1 atom stereocenters. The van der Waals surface area contributed by atoms with Crippen LogP contribution in [0.15, 0.2) is 24.3 Å². The summed E-state index contributed by atoms with van der Waals surface area (Å²) in [6, 6.07) is 7.43. The number of fused-ring (bicyclic) bond motifs is 1. The van der Waals surface area contributed by atoms with Crippen molar-refractivity contribution in [1.29, 1.82) is 0 Å². The third-order valence-corrected chi connectivity index (χ3v) is 4.48. The first-order valence-corrected chi connectivity index (χ1v) is 7.98. The van der Waals surface area contributed by atoms with Crippen LogP contribution in [0.4, 0.5) is 0 Å². The predicted molar refractivity (Wildman–Crippen MR) is 82.5 cm³/mol. The number of carbonyl (C=O) groups excluding carboxylic acids is 1. The largest absolute Gasteiger partial charge is 0.493 e. The summed E-state index contributed by atoms with van der Waals surface area (Å²) in [6.45, 7) is 1.35. The lowest BCUT2D eigenvalue weighted by atomic mass is 9.90. The fourth-order valence-electron chi connectivity index (χ4n) is 3.33. The van der Waals surface area contributed by atoms with E-state index >= 15 is 0 Å². The summed E-state index contributed by atoms with van der Waals surface area (Å²) in [5, 5.41) is 9.21. The highest BCUT2D eigenvalue weighted by Gasteiger charge is 2.35. The molecule has 6 nitrogen and oxygen atoms in total. The van der Waals surface area contributed by atoms with Crippen molar-refractivity contribution < 1.29 is 24.2 Å². The van der Waals surface area contributed by atoms with Gasteiger partial charge in [-0.2, -0.15) is 0 Å². The SMILES string of the molecule is O=C(O)CN(C(=O)[C@@H]1CCOc2ccccc21)C1CCOCC1. The maximum absolute atomic E-state index is 13.1. The molecule has 1 aromatic carbocycles. The Morgan fingerprint density at radius 3 is 2.61 bits per heavy atom. The normalized spacial score (nSPS) is 21.1. The number of carboxylic acids is 1. The Labute approximate surface area is 135 Å². The highest BCUT2D eigenvalue weighted by atomic mass is 16.5. The molecule has 0 aliphatic carbocycles. The van der Waals surface area contributed by atoms with Crippen LogP contribution in [0.1, 0.15) is 30.7 Å². The van der Waals surface area contributed by atoms with Crippen LogP contribution < -0.4 is 4.74 Å². The Balaban J connectivity index is 1.84. The van der Waals surface area contributed by atoms with Crippen molar-refractivity contribution in [2.24, 2.45) is 0 Å². The lowest BCUT2D eigenvalue weighted by Gasteiger charge is -2.36. The van der Waals surface area contributed by atoms with Gasteiger partial charge in [0.1, 0.15) is 12.3 Å². The minimum atomic E-state index is -0.981. The van der Waals surface area contributed by atoms with E-state index in [9.17, 15) is 14.7 Å². The van der Waals surface area contributed by atoms with E-state index < -0.39 is 5.97 Å². The molecule has 6 heteroatoms. The van der Waals surface area contributed by atoms with E-state index in [2.05, 4.69) is 0 Å². The van der Waals surface area contributed by atoms with E-state index in [0.717, 1.165) is 11.3 Å². The fraction of sp³-hybridized carbons (Fsp3) is 0.529. The number of carbonyl (C=O) groups is 2. The van der Waals surface area contributed by atoms with Crippen molar-refractivity contribution >= 4 is 11.9 Å². The minimum absolute atomic E-state index is 0.0673. The number of amides is 1. The lowest BCUT2D eigenvalue weighted by molar-refractivity contribution is -0.148. The predicted octanol–water partition coefficient (Wildman–Crippen LogP) is 1.64. The number of para-hydroxylation sites is 1. The number of hydrogen-bond acceptors (Lipinski definition) is 4. The van der Waals surface area contributed by atoms with Crippen molar-refractivity contribution in [3.05, 3.63) is 29.8 Å². The third-order valence-electron chi connectivity index (χ3n) is 4.48. The molecule has 124 valence electrons. The van der Waals surface area contributed by atoms with Crippen LogP contribution in [-0.2, 0) is 14.3 Å². The second-order valence-electron chi connectivity index (χ2n) is 5.93. The molecule has 1 fully saturated rings. The van der Waals surface area contributed by atoms with Crippen LogP contribution in [0.5, 0.6) is 5.75 Å². The van der Waals surface area contributed by atoms with E-state index in [0.29, 0.717) is 39.1 Å². The van der Waals surface area contributed by atoms with Gasteiger partial charge in [-0.05, 0) is 25.3 Å². The second-order valence-corrected chi connectivity index (χ2v) is 5.93. The van der Waals surface area contributed by atoms with Gasteiger partial charge in [0.15, 0.2) is 0 Å². The Bertz CT molecular complexity index is 582. The number of carboxylic acid groups (broad SMARTS) is 1. The third kappa shape index (κ3) is 3.47. The summed E-state index contributed by atoms with van der Waals surface area (Å²) >= 11 is 0. The van der Waals surface area contributed by atoms with E-state index in [1.807, 2.05) is 24.3 Å². The van der Waals surface area contributed by atoms with Gasteiger partial charge in [0.2, 0.25) is 5.91 Å². The molecule has 0 bridgehead atoms. The molecule has 1 aromatic rings. The second kappa shape index (κ2) is 7.00. The number of hydrogen-bond donors (Lipinski definition) is 1. The summed E-state index contributed by atoms with van der Waals surface area (Å²) < 4.78 is 10.9. The van der Waals surface area contributed by atoms with Gasteiger partial charge in [0, 0.05) is 24.8 Å². The number of benzene rings is 1. The average Bonchev–Trinajstić information content (AvgIpc) is 2.59. The quantitative estimate of drug-likeness (QED) is 0.913. The molecule has 1 amide bonds. The molecular weight excluding hydrogens is 298 g/mol. The molecular formula is C17H21NO5. The van der Waals surface area contributed by atoms with E-state index in [1.165, 1.54) is 4.90 Å². The van der Waals surface area contributed by atoms with Crippen molar-refractivity contribution in [2.75, 3.05) is 26.4 Å². The van der Waals surface area contributed by atoms with E-state index in [-0.39, 0.29) is 24.4 Å². The zero-order valence-corrected chi connectivity index (χ0v) is 12.9. The molecule has 0 aromatic heterocycles. The first kappa shape index (κ1) is 15.8. The number of nitrogens with zero attached hydrogens (tertiary/aromatic N) is 1. The molecule has 0 radical (unpaired) electrons. The zero-order chi connectivity index (χ0) is 16.2. The Hall–Kier alpha value is -2.08. The van der Waals surface area contributed by atoms with Gasteiger partial charge in [-0.1, -0.05) is 18.2 Å². The molecule has 2 heterocycles. The van der Waals surface area contributed by atoms with E-state index in [1.54, 1.807) is 0 Å². The van der Waals surface area contributed by atoms with Crippen molar-refractivity contribution in [3.8, 4) is 5.75 Å². The van der Waals surface area contributed by atoms with Gasteiger partial charge in [-0.15, -0.1) is 0 Å². The van der Waals surface area contributed by atoms with Crippen molar-refractivity contribution in [2.45, 2.75) is 31.2 Å². The Kier molecular flexibility index (Phi) is 4.81. The minimum Gasteiger partial charge on any atom is -0.493 e. The monoisotopic (exact) mass is 319 g/mol. The summed E-state index contributed by atoms with van der Waals surface area (Å²) in [4.78, 5) is 25.8. The molecule has 3 rings (SSSR count). The molecule has 2 aliphatic rings. The molecule has 1 saturated heterocycles. The van der Waals surface area contributed by atoms with Gasteiger partial charge in [0.05, 0.1) is 12.5 Å². The maximum atomic E-state index is 13.1. The zero-order valence-electron chi connectivity index (χ0n) is 12.9. The topological polar surface area (TPSA) is 76.1 Å². The highest BCUT2D eigenvalue weighted by Crippen LogP contribution is 2.35. The standard InChI is InChI=1S/C17H21NO5/c19-16(20)11-18(12-5-8-22-9-6-12)17(21)14-7-10-23-15-4-2-1-3-13(14)15/h1-4,12,14H,5-11H2,(H,19,20)/t14-/m1/s1. The average molecular weight is 319 g/mol. The first-order chi connectivity index (χ1) is 11.2. The van der Waals surface area contributed by atoms with Crippen LogP contribution in [0, 0.1) is 0 Å². The molecule has 23 heavy (non-hydrogen) atoms. The summed E-state index contributed by atoms with van der Waals surface area (Å²) in [7, 11) is 0. The molecule has 0 saturated carbocycles. The van der Waals surface area contributed by atoms with Gasteiger partial charge < -0.3 is 19.5 Å². The van der Waals surface area contributed by atoms with Crippen LogP contribution >= 0.6 is 0 Å². The van der Waals surface area contributed by atoms with Crippen molar-refractivity contribution in [1.82, 2.24) is 4.90 Å². The number of rotatable bonds is 4. The Morgan fingerprint density at radius 2 is 1.87 bits per heavy atom. The Morgan fingerprint density at radius 1 is 1.13 bits per heavy atom. The van der Waals surface area contributed by atoms with Gasteiger partial charge >= 0.3 is 5.97 Å². The smallest absolute Gasteiger partial charge is 0.323 e. The number of aliphatic carboxylic acids is 1. The van der Waals surface area contributed by atoms with Gasteiger partial charge in [-0.25, -0.2) is 0 Å². The molecule has 1 N–H and O–H groups in total. The summed E-state index contributed by atoms with van der Waals surface area (Å²) in [5.41, 5.74) is 0.853. The summed E-state index contributed by atoms with van der Waals surface area (Å²) in [5.74, 6) is -0.707. The number of ether oxygens (including phenoxy) is 2. The van der Waals surface area contributed by atoms with Gasteiger partial charge in [-0.3, -0.25) is 9.59 Å². The van der Waals surface area contributed by atoms with Crippen molar-refractivity contribution in [3.63, 3.8) is 0 Å². The lowest BCUT2D eigenvalue weighted by Crippen LogP contribution is -2.48. The molecule has 2 aliphatic heterocycles. The van der Waals surface area contributed by atoms with Gasteiger partial charge in [0.25, 0.3) is 0 Å². The van der Waals surface area contributed by atoms with Crippen LogP contribution in [-0.4, -0.2) is 54.3 Å². The summed E-state index contributed by atoms with van der Waals surface area (Å²) in [6.07, 6.45) is 1.95. The van der Waals surface area contributed by atoms with Crippen LogP contribution in [0.3, 0.4) is 0 Å². The molecule has 0 spiro atoms. The highest BCUT2D eigenvalue weighted by molar-refractivity contribution is 5.88. The van der Waals surface area contributed by atoms with E-state index in [4.69, 9.17) is 9.47 Å².